The van der Waals surface area contributed by atoms with Gasteiger partial charge in [0.15, 0.2) is 0 Å². The molecule has 0 saturated heterocycles. The molecule has 1 aromatic carbocycles. The van der Waals surface area contributed by atoms with Crippen LogP contribution >= 0.6 is 27.5 Å². The Balaban J connectivity index is 2.93. The molecule has 0 N–H and O–H groups in total. The van der Waals surface area contributed by atoms with Gasteiger partial charge in [-0.2, -0.15) is 0 Å². The highest BCUT2D eigenvalue weighted by Gasteiger charge is 2.20. The van der Waals surface area contributed by atoms with Crippen molar-refractivity contribution in [2.75, 3.05) is 0 Å². The van der Waals surface area contributed by atoms with Crippen molar-refractivity contribution >= 4 is 27.5 Å². The monoisotopic (exact) mass is 258 g/mol. The summed E-state index contributed by atoms with van der Waals surface area (Å²) >= 11 is 9.46. The molecule has 0 aliphatic heterocycles. The SMILES string of the molecule is C=CCC(C)(Br)c1ccc(Cl)cc1. The first-order chi connectivity index (χ1) is 6.06. The Hall–Kier alpha value is -0.270. The van der Waals surface area contributed by atoms with Crippen molar-refractivity contribution < 1.29 is 0 Å². The van der Waals surface area contributed by atoms with Gasteiger partial charge in [-0.3, -0.25) is 0 Å². The van der Waals surface area contributed by atoms with Crippen LogP contribution in [-0.4, -0.2) is 0 Å². The summed E-state index contributed by atoms with van der Waals surface area (Å²) in [5.74, 6) is 0. The number of allylic oxidation sites excluding steroid dienone is 1. The first-order valence-corrected chi connectivity index (χ1v) is 5.29. The van der Waals surface area contributed by atoms with Crippen molar-refractivity contribution in [3.8, 4) is 0 Å². The van der Waals surface area contributed by atoms with Crippen LogP contribution in [0.25, 0.3) is 0 Å². The lowest BCUT2D eigenvalue weighted by Crippen LogP contribution is -2.10. The maximum absolute atomic E-state index is 5.80. The maximum Gasteiger partial charge on any atom is 0.0512 e. The van der Waals surface area contributed by atoms with Gasteiger partial charge in [0, 0.05) is 5.02 Å². The number of hydrogen-bond donors (Lipinski definition) is 0. The molecule has 0 aromatic heterocycles. The molecule has 70 valence electrons. The topological polar surface area (TPSA) is 0 Å². The Kier molecular flexibility index (Phi) is 3.57. The van der Waals surface area contributed by atoms with E-state index in [0.717, 1.165) is 11.4 Å². The van der Waals surface area contributed by atoms with Crippen LogP contribution in [0.15, 0.2) is 36.9 Å². The molecule has 1 rings (SSSR count). The van der Waals surface area contributed by atoms with Crippen molar-refractivity contribution in [2.24, 2.45) is 0 Å². The van der Waals surface area contributed by atoms with Gasteiger partial charge in [-0.05, 0) is 31.0 Å². The normalized spacial score (nSPS) is 15.0. The molecule has 2 heteroatoms. The lowest BCUT2D eigenvalue weighted by Gasteiger charge is -2.21. The molecule has 1 atom stereocenters. The van der Waals surface area contributed by atoms with Gasteiger partial charge in [0.1, 0.15) is 0 Å². The molecule has 0 aliphatic carbocycles. The van der Waals surface area contributed by atoms with Crippen LogP contribution < -0.4 is 0 Å². The number of hydrogen-bond acceptors (Lipinski definition) is 0. The lowest BCUT2D eigenvalue weighted by atomic mass is 9.98. The number of alkyl halides is 1. The largest absolute Gasteiger partial charge is 0.103 e. The van der Waals surface area contributed by atoms with E-state index in [4.69, 9.17) is 11.6 Å². The Morgan fingerprint density at radius 3 is 2.46 bits per heavy atom. The zero-order valence-electron chi connectivity index (χ0n) is 7.56. The zero-order chi connectivity index (χ0) is 9.90. The third-order valence-electron chi connectivity index (χ3n) is 1.97. The van der Waals surface area contributed by atoms with Gasteiger partial charge in [0.05, 0.1) is 4.32 Å². The minimum atomic E-state index is -0.0284. The summed E-state index contributed by atoms with van der Waals surface area (Å²) in [4.78, 5) is 0. The minimum Gasteiger partial charge on any atom is -0.103 e. The third-order valence-corrected chi connectivity index (χ3v) is 3.01. The maximum atomic E-state index is 5.80. The van der Waals surface area contributed by atoms with E-state index in [2.05, 4.69) is 29.4 Å². The van der Waals surface area contributed by atoms with Crippen molar-refractivity contribution in [1.29, 1.82) is 0 Å². The van der Waals surface area contributed by atoms with Crippen molar-refractivity contribution in [3.05, 3.63) is 47.5 Å². The van der Waals surface area contributed by atoms with Gasteiger partial charge in [-0.15, -0.1) is 6.58 Å². The van der Waals surface area contributed by atoms with E-state index >= 15 is 0 Å². The van der Waals surface area contributed by atoms with Crippen LogP contribution in [0.4, 0.5) is 0 Å². The van der Waals surface area contributed by atoms with Crippen molar-refractivity contribution in [3.63, 3.8) is 0 Å². The molecular formula is C11H12BrCl. The molecule has 0 amide bonds. The molecule has 1 unspecified atom stereocenters. The Morgan fingerprint density at radius 2 is 2.00 bits per heavy atom. The van der Waals surface area contributed by atoms with Crippen LogP contribution in [0, 0.1) is 0 Å². The summed E-state index contributed by atoms with van der Waals surface area (Å²) in [7, 11) is 0. The molecule has 1 aromatic rings. The van der Waals surface area contributed by atoms with Gasteiger partial charge in [-0.1, -0.05) is 45.7 Å². The second-order valence-electron chi connectivity index (χ2n) is 3.20. The summed E-state index contributed by atoms with van der Waals surface area (Å²) in [5, 5.41) is 0.769. The Morgan fingerprint density at radius 1 is 1.46 bits per heavy atom. The summed E-state index contributed by atoms with van der Waals surface area (Å²) in [6.07, 6.45) is 2.80. The highest BCUT2D eigenvalue weighted by Crippen LogP contribution is 2.34. The van der Waals surface area contributed by atoms with E-state index in [1.165, 1.54) is 5.56 Å². The molecule has 0 fully saturated rings. The predicted octanol–water partition coefficient (Wildman–Crippen LogP) is 4.53. The fourth-order valence-electron chi connectivity index (χ4n) is 1.19. The number of rotatable bonds is 3. The van der Waals surface area contributed by atoms with Gasteiger partial charge in [0.2, 0.25) is 0 Å². The highest BCUT2D eigenvalue weighted by molar-refractivity contribution is 9.09. The third kappa shape index (κ3) is 2.85. The number of halogens is 2. The average molecular weight is 260 g/mol. The van der Waals surface area contributed by atoms with Crippen LogP contribution in [0.5, 0.6) is 0 Å². The van der Waals surface area contributed by atoms with Crippen LogP contribution in [0.3, 0.4) is 0 Å². The predicted molar refractivity (Wildman–Crippen MR) is 62.5 cm³/mol. The van der Waals surface area contributed by atoms with Gasteiger partial charge in [0.25, 0.3) is 0 Å². The van der Waals surface area contributed by atoms with E-state index in [0.29, 0.717) is 0 Å². The fraction of sp³-hybridized carbons (Fsp3) is 0.273. The Labute approximate surface area is 92.7 Å². The van der Waals surface area contributed by atoms with E-state index in [1.54, 1.807) is 0 Å². The number of benzene rings is 1. The Bertz CT molecular complexity index is 287. The van der Waals surface area contributed by atoms with Gasteiger partial charge < -0.3 is 0 Å². The molecule has 0 spiro atoms. The van der Waals surface area contributed by atoms with Crippen LogP contribution in [0.2, 0.25) is 5.02 Å². The summed E-state index contributed by atoms with van der Waals surface area (Å²) < 4.78 is -0.0284. The second kappa shape index (κ2) is 4.30. The van der Waals surface area contributed by atoms with Crippen molar-refractivity contribution in [2.45, 2.75) is 17.7 Å². The summed E-state index contributed by atoms with van der Waals surface area (Å²) in [6.45, 7) is 5.86. The smallest absolute Gasteiger partial charge is 0.0512 e. The van der Waals surface area contributed by atoms with Crippen LogP contribution in [0.1, 0.15) is 18.9 Å². The standard InChI is InChI=1S/C11H12BrCl/c1-3-8-11(2,12)9-4-6-10(13)7-5-9/h3-7H,1,8H2,2H3. The summed E-state index contributed by atoms with van der Waals surface area (Å²) in [6, 6.07) is 7.86. The minimum absolute atomic E-state index is 0.0284. The van der Waals surface area contributed by atoms with Gasteiger partial charge >= 0.3 is 0 Å². The van der Waals surface area contributed by atoms with Gasteiger partial charge in [-0.25, -0.2) is 0 Å². The molecule has 0 radical (unpaired) electrons. The van der Waals surface area contributed by atoms with Crippen molar-refractivity contribution in [1.82, 2.24) is 0 Å². The lowest BCUT2D eigenvalue weighted by molar-refractivity contribution is 0.725. The highest BCUT2D eigenvalue weighted by atomic mass is 79.9. The first kappa shape index (κ1) is 10.8. The van der Waals surface area contributed by atoms with E-state index in [1.807, 2.05) is 30.3 Å². The first-order valence-electron chi connectivity index (χ1n) is 4.12. The molecule has 0 saturated carbocycles. The molecule has 0 aliphatic rings. The molecule has 0 nitrogen and oxygen atoms in total. The second-order valence-corrected chi connectivity index (χ2v) is 5.38. The van der Waals surface area contributed by atoms with Crippen LogP contribution in [-0.2, 0) is 4.32 Å². The fourth-order valence-corrected chi connectivity index (χ4v) is 1.81. The zero-order valence-corrected chi connectivity index (χ0v) is 9.90. The average Bonchev–Trinajstić information content (AvgIpc) is 2.05. The quantitative estimate of drug-likeness (QED) is 0.553. The van der Waals surface area contributed by atoms with E-state index in [9.17, 15) is 0 Å². The molecular weight excluding hydrogens is 247 g/mol. The van der Waals surface area contributed by atoms with E-state index < -0.39 is 0 Å². The molecule has 0 heterocycles. The van der Waals surface area contributed by atoms with E-state index in [-0.39, 0.29) is 4.32 Å². The molecule has 0 bridgehead atoms. The molecule has 13 heavy (non-hydrogen) atoms. The summed E-state index contributed by atoms with van der Waals surface area (Å²) in [5.41, 5.74) is 1.22.